The second kappa shape index (κ2) is 5.17. The quantitative estimate of drug-likeness (QED) is 0.916. The van der Waals surface area contributed by atoms with Gasteiger partial charge in [0.2, 0.25) is 0 Å². The number of benzene rings is 1. The maximum atomic E-state index is 5.78. The van der Waals surface area contributed by atoms with Gasteiger partial charge >= 0.3 is 0 Å². The minimum atomic E-state index is 0.581. The van der Waals surface area contributed by atoms with E-state index >= 15 is 0 Å². The molecule has 1 aromatic heterocycles. The number of rotatable bonds is 3. The lowest BCUT2D eigenvalue weighted by Gasteiger charge is -2.23. The number of hydrogen-bond donors (Lipinski definition) is 1. The van der Waals surface area contributed by atoms with Gasteiger partial charge in [0, 0.05) is 23.9 Å². The first-order chi connectivity index (χ1) is 9.31. The molecule has 0 amide bonds. The zero-order chi connectivity index (χ0) is 13.2. The second-order valence-electron chi connectivity index (χ2n) is 5.37. The standard InChI is InChI=1S/C16H21N3/c1-19-14-9-5-8-12(10-11-17)15(14)16(18-19)13-6-3-2-4-7-13/h2-4,6-7,12H,5,8-11,17H2,1H3. The lowest BCUT2D eigenvalue weighted by Crippen LogP contribution is -2.15. The van der Waals surface area contributed by atoms with Crippen LogP contribution in [0.15, 0.2) is 30.3 Å². The summed E-state index contributed by atoms with van der Waals surface area (Å²) < 4.78 is 2.07. The Balaban J connectivity index is 2.11. The Bertz CT molecular complexity index is 557. The largest absolute Gasteiger partial charge is 0.330 e. The van der Waals surface area contributed by atoms with Crippen molar-refractivity contribution in [1.82, 2.24) is 9.78 Å². The summed E-state index contributed by atoms with van der Waals surface area (Å²) in [7, 11) is 2.07. The Kier molecular flexibility index (Phi) is 3.38. The van der Waals surface area contributed by atoms with E-state index < -0.39 is 0 Å². The molecule has 0 bridgehead atoms. The molecular weight excluding hydrogens is 234 g/mol. The fourth-order valence-corrected chi connectivity index (χ4v) is 3.26. The van der Waals surface area contributed by atoms with Crippen molar-refractivity contribution in [3.05, 3.63) is 41.6 Å². The molecule has 3 heteroatoms. The lowest BCUT2D eigenvalue weighted by atomic mass is 9.82. The molecule has 1 unspecified atom stereocenters. The molecule has 2 N–H and O–H groups in total. The van der Waals surface area contributed by atoms with E-state index in [1.807, 2.05) is 0 Å². The maximum absolute atomic E-state index is 5.78. The predicted octanol–water partition coefficient (Wildman–Crippen LogP) is 2.86. The van der Waals surface area contributed by atoms with Crippen LogP contribution in [-0.4, -0.2) is 16.3 Å². The van der Waals surface area contributed by atoms with Crippen LogP contribution in [0.2, 0.25) is 0 Å². The van der Waals surface area contributed by atoms with Gasteiger partial charge in [-0.3, -0.25) is 4.68 Å². The van der Waals surface area contributed by atoms with Crippen molar-refractivity contribution in [2.45, 2.75) is 31.6 Å². The zero-order valence-electron chi connectivity index (χ0n) is 11.5. The summed E-state index contributed by atoms with van der Waals surface area (Å²) in [5.74, 6) is 0.581. The Labute approximate surface area is 114 Å². The van der Waals surface area contributed by atoms with Crippen LogP contribution in [0.25, 0.3) is 11.3 Å². The first kappa shape index (κ1) is 12.4. The van der Waals surface area contributed by atoms with Crippen LogP contribution in [0.4, 0.5) is 0 Å². The van der Waals surface area contributed by atoms with Gasteiger partial charge in [-0.2, -0.15) is 5.10 Å². The predicted molar refractivity (Wildman–Crippen MR) is 78.0 cm³/mol. The summed E-state index contributed by atoms with van der Waals surface area (Å²) in [5.41, 5.74) is 11.0. The molecule has 0 saturated carbocycles. The molecule has 0 radical (unpaired) electrons. The highest BCUT2D eigenvalue weighted by Gasteiger charge is 2.27. The van der Waals surface area contributed by atoms with E-state index in [4.69, 9.17) is 10.8 Å². The lowest BCUT2D eigenvalue weighted by molar-refractivity contribution is 0.512. The molecule has 3 rings (SSSR count). The average Bonchev–Trinajstić information content (AvgIpc) is 2.79. The molecule has 0 saturated heterocycles. The van der Waals surface area contributed by atoms with E-state index in [-0.39, 0.29) is 0 Å². The molecule has 3 nitrogen and oxygen atoms in total. The van der Waals surface area contributed by atoms with Crippen LogP contribution in [-0.2, 0) is 13.5 Å². The Hall–Kier alpha value is -1.61. The van der Waals surface area contributed by atoms with Gasteiger partial charge in [-0.15, -0.1) is 0 Å². The van der Waals surface area contributed by atoms with E-state index in [0.29, 0.717) is 5.92 Å². The summed E-state index contributed by atoms with van der Waals surface area (Å²) in [6, 6.07) is 10.5. The summed E-state index contributed by atoms with van der Waals surface area (Å²) in [6.45, 7) is 0.757. The third kappa shape index (κ3) is 2.19. The maximum Gasteiger partial charge on any atom is 0.0960 e. The number of aryl methyl sites for hydroxylation is 1. The Morgan fingerprint density at radius 2 is 2.11 bits per heavy atom. The van der Waals surface area contributed by atoms with Crippen LogP contribution >= 0.6 is 0 Å². The van der Waals surface area contributed by atoms with Crippen molar-refractivity contribution in [2.24, 2.45) is 12.8 Å². The van der Waals surface area contributed by atoms with E-state index in [9.17, 15) is 0 Å². The van der Waals surface area contributed by atoms with Gasteiger partial charge in [0.25, 0.3) is 0 Å². The van der Waals surface area contributed by atoms with Crippen LogP contribution in [0, 0.1) is 0 Å². The normalized spacial score (nSPS) is 18.3. The van der Waals surface area contributed by atoms with Crippen LogP contribution in [0.5, 0.6) is 0 Å². The zero-order valence-corrected chi connectivity index (χ0v) is 11.5. The summed E-state index contributed by atoms with van der Waals surface area (Å²) in [5, 5.41) is 4.77. The van der Waals surface area contributed by atoms with Crippen molar-refractivity contribution in [1.29, 1.82) is 0 Å². The molecule has 19 heavy (non-hydrogen) atoms. The SMILES string of the molecule is Cn1nc(-c2ccccc2)c2c1CCCC2CCN. The number of nitrogens with two attached hydrogens (primary N) is 1. The molecule has 1 atom stereocenters. The molecule has 1 aliphatic rings. The summed E-state index contributed by atoms with van der Waals surface area (Å²) in [6.07, 6.45) is 4.71. The minimum absolute atomic E-state index is 0.581. The van der Waals surface area contributed by atoms with Gasteiger partial charge in [0.15, 0.2) is 0 Å². The number of hydrogen-bond acceptors (Lipinski definition) is 2. The van der Waals surface area contributed by atoms with Crippen LogP contribution in [0.1, 0.15) is 36.4 Å². The van der Waals surface area contributed by atoms with Crippen LogP contribution < -0.4 is 5.73 Å². The fraction of sp³-hybridized carbons (Fsp3) is 0.438. The molecule has 0 aliphatic heterocycles. The van der Waals surface area contributed by atoms with Crippen molar-refractivity contribution >= 4 is 0 Å². The number of nitrogens with zero attached hydrogens (tertiary/aromatic N) is 2. The highest BCUT2D eigenvalue weighted by atomic mass is 15.3. The van der Waals surface area contributed by atoms with Gasteiger partial charge in [-0.05, 0) is 38.1 Å². The van der Waals surface area contributed by atoms with E-state index in [0.717, 1.165) is 25.1 Å². The molecule has 1 aliphatic carbocycles. The molecular formula is C16H21N3. The Morgan fingerprint density at radius 1 is 1.32 bits per heavy atom. The molecule has 100 valence electrons. The minimum Gasteiger partial charge on any atom is -0.330 e. The topological polar surface area (TPSA) is 43.8 Å². The third-order valence-electron chi connectivity index (χ3n) is 4.14. The first-order valence-electron chi connectivity index (χ1n) is 7.12. The Morgan fingerprint density at radius 3 is 2.84 bits per heavy atom. The van der Waals surface area contributed by atoms with Gasteiger partial charge in [-0.1, -0.05) is 30.3 Å². The van der Waals surface area contributed by atoms with E-state index in [1.54, 1.807) is 0 Å². The van der Waals surface area contributed by atoms with E-state index in [2.05, 4.69) is 42.1 Å². The highest BCUT2D eigenvalue weighted by Crippen LogP contribution is 2.39. The molecule has 1 heterocycles. The van der Waals surface area contributed by atoms with Gasteiger partial charge in [0.05, 0.1) is 5.69 Å². The third-order valence-corrected chi connectivity index (χ3v) is 4.14. The second-order valence-corrected chi connectivity index (χ2v) is 5.37. The van der Waals surface area contributed by atoms with Gasteiger partial charge in [-0.25, -0.2) is 0 Å². The summed E-state index contributed by atoms with van der Waals surface area (Å²) in [4.78, 5) is 0. The van der Waals surface area contributed by atoms with Gasteiger partial charge < -0.3 is 5.73 Å². The molecule has 0 spiro atoms. The monoisotopic (exact) mass is 255 g/mol. The molecule has 2 aromatic rings. The van der Waals surface area contributed by atoms with E-state index in [1.165, 1.54) is 29.7 Å². The molecule has 1 aromatic carbocycles. The van der Waals surface area contributed by atoms with Crippen molar-refractivity contribution < 1.29 is 0 Å². The van der Waals surface area contributed by atoms with Crippen molar-refractivity contribution in [3.8, 4) is 11.3 Å². The molecule has 0 fully saturated rings. The smallest absolute Gasteiger partial charge is 0.0960 e. The number of fused-ring (bicyclic) bond motifs is 1. The van der Waals surface area contributed by atoms with Crippen molar-refractivity contribution in [2.75, 3.05) is 6.54 Å². The first-order valence-corrected chi connectivity index (χ1v) is 7.12. The average molecular weight is 255 g/mol. The van der Waals surface area contributed by atoms with Crippen LogP contribution in [0.3, 0.4) is 0 Å². The fourth-order valence-electron chi connectivity index (χ4n) is 3.26. The highest BCUT2D eigenvalue weighted by molar-refractivity contribution is 5.65. The number of aromatic nitrogens is 2. The van der Waals surface area contributed by atoms with Crippen molar-refractivity contribution in [3.63, 3.8) is 0 Å². The summed E-state index contributed by atoms with van der Waals surface area (Å²) >= 11 is 0. The van der Waals surface area contributed by atoms with Gasteiger partial charge in [0.1, 0.15) is 0 Å².